The van der Waals surface area contributed by atoms with Crippen molar-refractivity contribution in [2.24, 2.45) is 0 Å². The van der Waals surface area contributed by atoms with E-state index >= 15 is 0 Å². The van der Waals surface area contributed by atoms with Gasteiger partial charge in [-0.25, -0.2) is 0 Å². The van der Waals surface area contributed by atoms with Crippen molar-refractivity contribution in [3.63, 3.8) is 0 Å². The molecule has 0 spiro atoms. The molecule has 2 N–H and O–H groups in total. The van der Waals surface area contributed by atoms with Gasteiger partial charge in [-0.3, -0.25) is 9.59 Å². The minimum absolute atomic E-state index is 0. The summed E-state index contributed by atoms with van der Waals surface area (Å²) in [5.74, 6) is -1.72. The number of hydrogen-bond acceptors (Lipinski definition) is 4. The fraction of sp³-hybridized carbons (Fsp3) is 0.462. The van der Waals surface area contributed by atoms with E-state index in [1.165, 1.54) is 9.80 Å². The summed E-state index contributed by atoms with van der Waals surface area (Å²) < 4.78 is 156. The number of halogens is 14. The Bertz CT molecular complexity index is 1400. The lowest BCUT2D eigenvalue weighted by Crippen LogP contribution is -2.44. The Balaban J connectivity index is 0.000000240. The van der Waals surface area contributed by atoms with Gasteiger partial charge in [-0.2, -0.15) is 52.7 Å². The average Bonchev–Trinajstić information content (AvgIpc) is 3.38. The largest absolute Gasteiger partial charge is 0.417 e. The molecule has 4 aliphatic heterocycles. The van der Waals surface area contributed by atoms with Crippen molar-refractivity contribution in [3.8, 4) is 0 Å². The highest BCUT2D eigenvalue weighted by atomic mass is 35.5. The summed E-state index contributed by atoms with van der Waals surface area (Å²) >= 11 is 0. The third-order valence-corrected chi connectivity index (χ3v) is 7.76. The number of carbonyl (C=O) groups is 2. The van der Waals surface area contributed by atoms with E-state index < -0.39 is 82.0 Å². The van der Waals surface area contributed by atoms with Gasteiger partial charge in [-0.15, -0.1) is 24.8 Å². The number of carbonyl (C=O) groups excluding carboxylic acids is 2. The lowest BCUT2D eigenvalue weighted by molar-refractivity contribution is -0.144. The zero-order valence-corrected chi connectivity index (χ0v) is 24.4. The van der Waals surface area contributed by atoms with Crippen LogP contribution in [0.1, 0.15) is 66.2 Å². The Labute approximate surface area is 264 Å². The molecule has 2 fully saturated rings. The maximum atomic E-state index is 13.1. The quantitative estimate of drug-likeness (QED) is 0.306. The molecule has 0 saturated carbocycles. The number of piperazine rings is 2. The van der Waals surface area contributed by atoms with Crippen molar-refractivity contribution in [1.82, 2.24) is 20.4 Å². The molecule has 6 rings (SSSR count). The Morgan fingerprint density at radius 2 is 0.870 bits per heavy atom. The van der Waals surface area contributed by atoms with Gasteiger partial charge in [0.25, 0.3) is 11.8 Å². The Hall–Kier alpha value is -2.96. The zero-order chi connectivity index (χ0) is 32.6. The predicted octanol–water partition coefficient (Wildman–Crippen LogP) is 6.49. The molecule has 0 bridgehead atoms. The summed E-state index contributed by atoms with van der Waals surface area (Å²) in [7, 11) is 0. The van der Waals surface area contributed by atoms with Crippen LogP contribution >= 0.6 is 24.8 Å². The van der Waals surface area contributed by atoms with Gasteiger partial charge >= 0.3 is 24.7 Å². The van der Waals surface area contributed by atoms with E-state index in [-0.39, 0.29) is 74.3 Å². The van der Waals surface area contributed by atoms with Gasteiger partial charge in [0.05, 0.1) is 45.5 Å². The minimum Gasteiger partial charge on any atom is -0.329 e. The second-order valence-corrected chi connectivity index (χ2v) is 10.4. The molecule has 46 heavy (non-hydrogen) atoms. The summed E-state index contributed by atoms with van der Waals surface area (Å²) in [4.78, 5) is 26.7. The van der Waals surface area contributed by atoms with Crippen molar-refractivity contribution in [2.75, 3.05) is 39.3 Å². The average molecular weight is 721 g/mol. The van der Waals surface area contributed by atoms with Gasteiger partial charge in [-0.05, 0) is 35.4 Å². The minimum atomic E-state index is -5.02. The molecule has 2 aromatic carbocycles. The highest BCUT2D eigenvalue weighted by molar-refractivity contribution is 6.02. The molecule has 2 aromatic rings. The molecule has 2 atom stereocenters. The SMILES string of the molecule is Cl.Cl.O=C1c2c(cc(C(F)(F)F)cc2C(F)(F)F)[C@@H]2CNCCN12.O=C1c2c(cc(C(F)(F)F)cc2C(F)(F)F)[C@H]2CNCCN12. The van der Waals surface area contributed by atoms with Crippen molar-refractivity contribution in [2.45, 2.75) is 36.8 Å². The van der Waals surface area contributed by atoms with Crippen LogP contribution in [0.5, 0.6) is 0 Å². The lowest BCUT2D eigenvalue weighted by atomic mass is 9.95. The van der Waals surface area contributed by atoms with E-state index in [1.54, 1.807) is 0 Å². The molecule has 4 aliphatic rings. The van der Waals surface area contributed by atoms with E-state index in [4.69, 9.17) is 0 Å². The van der Waals surface area contributed by atoms with Crippen LogP contribution in [0.3, 0.4) is 0 Å². The Kier molecular flexibility index (Phi) is 10.3. The van der Waals surface area contributed by atoms with Gasteiger partial charge in [-0.1, -0.05) is 0 Å². The molecule has 6 nitrogen and oxygen atoms in total. The molecule has 0 radical (unpaired) electrons. The van der Waals surface area contributed by atoms with Gasteiger partial charge in [0, 0.05) is 39.3 Å². The Morgan fingerprint density at radius 3 is 1.15 bits per heavy atom. The topological polar surface area (TPSA) is 64.7 Å². The third kappa shape index (κ3) is 6.71. The summed E-state index contributed by atoms with van der Waals surface area (Å²) in [6, 6.07) is -0.245. The fourth-order valence-corrected chi connectivity index (χ4v) is 5.84. The van der Waals surface area contributed by atoms with E-state index in [0.717, 1.165) is 0 Å². The molecule has 4 heterocycles. The molecule has 2 amide bonds. The van der Waals surface area contributed by atoms with E-state index in [0.29, 0.717) is 25.2 Å². The highest BCUT2D eigenvalue weighted by Gasteiger charge is 2.49. The smallest absolute Gasteiger partial charge is 0.329 e. The zero-order valence-electron chi connectivity index (χ0n) is 22.8. The van der Waals surface area contributed by atoms with Crippen LogP contribution in [0.25, 0.3) is 0 Å². The number of amides is 2. The van der Waals surface area contributed by atoms with Crippen LogP contribution in [-0.4, -0.2) is 60.9 Å². The van der Waals surface area contributed by atoms with Gasteiger partial charge in [0.1, 0.15) is 0 Å². The first kappa shape index (κ1) is 37.5. The van der Waals surface area contributed by atoms with Crippen LogP contribution < -0.4 is 10.6 Å². The molecule has 2 saturated heterocycles. The van der Waals surface area contributed by atoms with E-state index in [9.17, 15) is 62.3 Å². The van der Waals surface area contributed by atoms with Gasteiger partial charge < -0.3 is 20.4 Å². The molecule has 0 aliphatic carbocycles. The van der Waals surface area contributed by atoms with Crippen LogP contribution in [0.15, 0.2) is 24.3 Å². The Morgan fingerprint density at radius 1 is 0.543 bits per heavy atom. The van der Waals surface area contributed by atoms with Gasteiger partial charge in [0.15, 0.2) is 0 Å². The van der Waals surface area contributed by atoms with E-state index in [2.05, 4.69) is 10.6 Å². The van der Waals surface area contributed by atoms with Crippen LogP contribution in [0.4, 0.5) is 52.7 Å². The van der Waals surface area contributed by atoms with Crippen molar-refractivity contribution in [1.29, 1.82) is 0 Å². The summed E-state index contributed by atoms with van der Waals surface area (Å²) in [6.07, 6.45) is -19.9. The third-order valence-electron chi connectivity index (χ3n) is 7.76. The number of alkyl halides is 12. The number of nitrogens with zero attached hydrogens (tertiary/aromatic N) is 2. The van der Waals surface area contributed by atoms with Crippen LogP contribution in [0.2, 0.25) is 0 Å². The fourth-order valence-electron chi connectivity index (χ4n) is 5.84. The van der Waals surface area contributed by atoms with Crippen LogP contribution in [0, 0.1) is 0 Å². The normalized spacial score (nSPS) is 20.9. The lowest BCUT2D eigenvalue weighted by Gasteiger charge is -2.30. The number of hydrogen-bond donors (Lipinski definition) is 2. The first-order valence-corrected chi connectivity index (χ1v) is 12.9. The van der Waals surface area contributed by atoms with Crippen molar-refractivity contribution >= 4 is 36.6 Å². The monoisotopic (exact) mass is 720 g/mol. The summed E-state index contributed by atoms with van der Waals surface area (Å²) in [6.45, 7) is 1.38. The first-order chi connectivity index (χ1) is 20.2. The van der Waals surface area contributed by atoms with Crippen molar-refractivity contribution in [3.05, 3.63) is 68.8 Å². The molecule has 256 valence electrons. The van der Waals surface area contributed by atoms with Crippen LogP contribution in [-0.2, 0) is 24.7 Å². The maximum Gasteiger partial charge on any atom is 0.417 e. The molecule has 20 heteroatoms. The number of nitrogens with one attached hydrogen (secondary N) is 2. The van der Waals surface area contributed by atoms with Gasteiger partial charge in [0.2, 0.25) is 0 Å². The van der Waals surface area contributed by atoms with E-state index in [1.807, 2.05) is 0 Å². The maximum absolute atomic E-state index is 13.1. The second-order valence-electron chi connectivity index (χ2n) is 10.4. The second kappa shape index (κ2) is 12.6. The first-order valence-electron chi connectivity index (χ1n) is 12.9. The number of rotatable bonds is 0. The summed E-state index contributed by atoms with van der Waals surface area (Å²) in [5, 5.41) is 5.76. The highest BCUT2D eigenvalue weighted by Crippen LogP contribution is 2.47. The van der Waals surface area contributed by atoms with Crippen molar-refractivity contribution < 1.29 is 62.3 Å². The number of benzene rings is 2. The molecular weight excluding hydrogens is 699 g/mol. The summed E-state index contributed by atoms with van der Waals surface area (Å²) in [5.41, 5.74) is -7.55. The molecule has 0 aromatic heterocycles. The standard InChI is InChI=1S/2C13H10F6N2O.2ClH/c2*14-12(15,16)6-3-7-9-5-20-1-2-21(9)11(22)10(7)8(4-6)13(17,18)19;;/h2*3-4,9,20H,1-2,5H2;2*1H/t2*9-;;/m10../s1. The number of fused-ring (bicyclic) bond motifs is 6. The molecular formula is C26H22Cl2F12N4O2. The predicted molar refractivity (Wildman–Crippen MR) is 141 cm³/mol. The molecule has 0 unspecified atom stereocenters.